The molecule has 1 aromatic heterocycles. The Morgan fingerprint density at radius 1 is 1.50 bits per heavy atom. The Morgan fingerprint density at radius 2 is 2.33 bits per heavy atom. The molecule has 1 aliphatic rings. The summed E-state index contributed by atoms with van der Waals surface area (Å²) < 4.78 is 0. The Morgan fingerprint density at radius 3 is 3.08 bits per heavy atom. The molecule has 0 aromatic carbocycles. The summed E-state index contributed by atoms with van der Waals surface area (Å²) in [5.74, 6) is 0.780. The molecular weight excluding hydrogens is 154 g/mol. The second-order valence-corrected chi connectivity index (χ2v) is 2.89. The topological polar surface area (TPSA) is 57.8 Å². The molecule has 4 nitrogen and oxygen atoms in total. The summed E-state index contributed by atoms with van der Waals surface area (Å²) in [6, 6.07) is 0. The second-order valence-electron chi connectivity index (χ2n) is 2.89. The zero-order chi connectivity index (χ0) is 8.55. The molecule has 0 spiro atoms. The lowest BCUT2D eigenvalue weighted by atomic mass is 10.2. The molecule has 0 saturated heterocycles. The van der Waals surface area contributed by atoms with Crippen LogP contribution in [0.2, 0.25) is 0 Å². The molecule has 12 heavy (non-hydrogen) atoms. The van der Waals surface area contributed by atoms with Crippen molar-refractivity contribution in [2.24, 2.45) is 0 Å². The fourth-order valence-corrected chi connectivity index (χ4v) is 1.40. The van der Waals surface area contributed by atoms with Crippen LogP contribution in [0.25, 0.3) is 0 Å². The predicted molar refractivity (Wildman–Crippen MR) is 44.8 cm³/mol. The number of hydrogen-bond donors (Lipinski definition) is 2. The van der Waals surface area contributed by atoms with Crippen LogP contribution in [0.3, 0.4) is 0 Å². The fourth-order valence-electron chi connectivity index (χ4n) is 1.40. The van der Waals surface area contributed by atoms with Gasteiger partial charge in [-0.25, -0.2) is 4.98 Å². The summed E-state index contributed by atoms with van der Waals surface area (Å²) in [6.45, 7) is 3.36. The molecule has 0 radical (unpaired) electrons. The molecule has 2 rings (SSSR count). The number of H-pyrrole nitrogens is 1. The highest BCUT2D eigenvalue weighted by Gasteiger charge is 2.15. The number of nitrogens with one attached hydrogen (secondary N) is 2. The van der Waals surface area contributed by atoms with Crippen LogP contribution >= 0.6 is 0 Å². The Kier molecular flexibility index (Phi) is 1.69. The Hall–Kier alpha value is -1.16. The van der Waals surface area contributed by atoms with E-state index in [4.69, 9.17) is 0 Å². The molecule has 0 saturated carbocycles. The summed E-state index contributed by atoms with van der Waals surface area (Å²) in [5, 5.41) is 3.10. The van der Waals surface area contributed by atoms with Crippen LogP contribution in [-0.4, -0.2) is 9.97 Å². The second kappa shape index (κ2) is 2.71. The van der Waals surface area contributed by atoms with Gasteiger partial charge in [0, 0.05) is 19.5 Å². The van der Waals surface area contributed by atoms with Crippen molar-refractivity contribution in [2.45, 2.75) is 26.4 Å². The molecule has 0 aliphatic carbocycles. The molecule has 0 amide bonds. The quantitative estimate of drug-likeness (QED) is 0.612. The van der Waals surface area contributed by atoms with Gasteiger partial charge >= 0.3 is 0 Å². The molecule has 1 aromatic rings. The third-order valence-corrected chi connectivity index (χ3v) is 2.08. The highest BCUT2D eigenvalue weighted by molar-refractivity contribution is 5.21. The van der Waals surface area contributed by atoms with Gasteiger partial charge in [0.25, 0.3) is 5.56 Å². The molecular formula is C8H11N3O. The van der Waals surface area contributed by atoms with Crippen LogP contribution in [0.1, 0.15) is 24.0 Å². The van der Waals surface area contributed by atoms with E-state index in [-0.39, 0.29) is 5.56 Å². The van der Waals surface area contributed by atoms with Gasteiger partial charge in [-0.3, -0.25) is 4.79 Å². The molecule has 1 aliphatic heterocycles. The van der Waals surface area contributed by atoms with Crippen molar-refractivity contribution in [2.75, 3.05) is 0 Å². The van der Waals surface area contributed by atoms with E-state index in [1.807, 2.05) is 6.92 Å². The Labute approximate surface area is 70.0 Å². The van der Waals surface area contributed by atoms with Gasteiger partial charge in [-0.1, -0.05) is 6.92 Å². The average molecular weight is 165 g/mol. The summed E-state index contributed by atoms with van der Waals surface area (Å²) in [7, 11) is 0. The molecule has 0 atom stereocenters. The smallest absolute Gasteiger partial charge is 0.255 e. The highest BCUT2D eigenvalue weighted by atomic mass is 16.1. The number of aromatic nitrogens is 2. The van der Waals surface area contributed by atoms with Crippen LogP contribution in [0, 0.1) is 0 Å². The molecule has 0 fully saturated rings. The van der Waals surface area contributed by atoms with E-state index in [2.05, 4.69) is 15.3 Å². The number of rotatable bonds is 1. The normalized spacial score (nSPS) is 14.8. The number of aromatic amines is 1. The zero-order valence-electron chi connectivity index (χ0n) is 6.98. The van der Waals surface area contributed by atoms with Crippen molar-refractivity contribution >= 4 is 0 Å². The number of hydrogen-bond acceptors (Lipinski definition) is 3. The van der Waals surface area contributed by atoms with Crippen molar-refractivity contribution in [3.63, 3.8) is 0 Å². The Balaban J connectivity index is 2.59. The van der Waals surface area contributed by atoms with Crippen molar-refractivity contribution in [1.29, 1.82) is 0 Å². The lowest BCUT2D eigenvalue weighted by Gasteiger charge is -1.99. The number of fused-ring (bicyclic) bond motifs is 1. The molecule has 4 heteroatoms. The van der Waals surface area contributed by atoms with E-state index < -0.39 is 0 Å². The number of aryl methyl sites for hydroxylation is 1. The summed E-state index contributed by atoms with van der Waals surface area (Å²) in [6.07, 6.45) is 0.780. The van der Waals surface area contributed by atoms with Gasteiger partial charge in [-0.15, -0.1) is 0 Å². The summed E-state index contributed by atoms with van der Waals surface area (Å²) >= 11 is 0. The molecule has 0 unspecified atom stereocenters. The van der Waals surface area contributed by atoms with Gasteiger partial charge in [0.1, 0.15) is 5.82 Å². The van der Waals surface area contributed by atoms with Crippen molar-refractivity contribution in [3.8, 4) is 0 Å². The SMILES string of the molecule is CCc1nc2c(c(=O)[nH]1)CNC2. The maximum atomic E-state index is 11.4. The molecule has 0 bridgehead atoms. The minimum Gasteiger partial charge on any atom is -0.310 e. The maximum absolute atomic E-state index is 11.4. The summed E-state index contributed by atoms with van der Waals surface area (Å²) in [4.78, 5) is 18.4. The molecule has 2 N–H and O–H groups in total. The van der Waals surface area contributed by atoms with E-state index in [1.165, 1.54) is 0 Å². The van der Waals surface area contributed by atoms with Gasteiger partial charge in [0.2, 0.25) is 0 Å². The van der Waals surface area contributed by atoms with E-state index in [1.54, 1.807) is 0 Å². The maximum Gasteiger partial charge on any atom is 0.255 e. The van der Waals surface area contributed by atoms with Crippen molar-refractivity contribution in [3.05, 3.63) is 27.4 Å². The first-order valence-electron chi connectivity index (χ1n) is 4.13. The standard InChI is InChI=1S/C8H11N3O/c1-2-7-10-6-4-9-3-5(6)8(12)11-7/h9H,2-4H2,1H3,(H,10,11,12). The summed E-state index contributed by atoms with van der Waals surface area (Å²) in [5.41, 5.74) is 1.73. The molecule has 2 heterocycles. The first-order chi connectivity index (χ1) is 5.81. The van der Waals surface area contributed by atoms with Gasteiger partial charge in [0.05, 0.1) is 11.3 Å². The van der Waals surface area contributed by atoms with E-state index in [9.17, 15) is 4.79 Å². The minimum atomic E-state index is 0.0156. The lowest BCUT2D eigenvalue weighted by molar-refractivity contribution is 0.755. The van der Waals surface area contributed by atoms with Crippen LogP contribution in [0.5, 0.6) is 0 Å². The largest absolute Gasteiger partial charge is 0.310 e. The number of nitrogens with zero attached hydrogens (tertiary/aromatic N) is 1. The highest BCUT2D eigenvalue weighted by Crippen LogP contribution is 2.07. The zero-order valence-corrected chi connectivity index (χ0v) is 6.98. The third kappa shape index (κ3) is 1.04. The van der Waals surface area contributed by atoms with Gasteiger partial charge in [-0.2, -0.15) is 0 Å². The monoisotopic (exact) mass is 165 g/mol. The van der Waals surface area contributed by atoms with Gasteiger partial charge < -0.3 is 10.3 Å². The first-order valence-corrected chi connectivity index (χ1v) is 4.13. The van der Waals surface area contributed by atoms with Crippen LogP contribution < -0.4 is 10.9 Å². The predicted octanol–water partition coefficient (Wildman–Crippen LogP) is -0.0645. The van der Waals surface area contributed by atoms with Crippen LogP contribution in [0.4, 0.5) is 0 Å². The van der Waals surface area contributed by atoms with E-state index in [0.29, 0.717) is 6.54 Å². The van der Waals surface area contributed by atoms with E-state index >= 15 is 0 Å². The third-order valence-electron chi connectivity index (χ3n) is 2.08. The molecule has 64 valence electrons. The van der Waals surface area contributed by atoms with Crippen LogP contribution in [0.15, 0.2) is 4.79 Å². The van der Waals surface area contributed by atoms with Crippen molar-refractivity contribution < 1.29 is 0 Å². The fraction of sp³-hybridized carbons (Fsp3) is 0.500. The average Bonchev–Trinajstić information content (AvgIpc) is 2.52. The van der Waals surface area contributed by atoms with Crippen LogP contribution in [-0.2, 0) is 19.5 Å². The van der Waals surface area contributed by atoms with Crippen molar-refractivity contribution in [1.82, 2.24) is 15.3 Å². The Bertz CT molecular complexity index is 356. The minimum absolute atomic E-state index is 0.0156. The lowest BCUT2D eigenvalue weighted by Crippen LogP contribution is -2.16. The van der Waals surface area contributed by atoms with E-state index in [0.717, 1.165) is 30.0 Å². The van der Waals surface area contributed by atoms with Gasteiger partial charge in [-0.05, 0) is 0 Å². The first kappa shape index (κ1) is 7.49. The van der Waals surface area contributed by atoms with Gasteiger partial charge in [0.15, 0.2) is 0 Å².